The van der Waals surface area contributed by atoms with Gasteiger partial charge in [0.2, 0.25) is 11.8 Å². The summed E-state index contributed by atoms with van der Waals surface area (Å²) in [6.07, 6.45) is 2.70. The molecule has 0 unspecified atom stereocenters. The van der Waals surface area contributed by atoms with E-state index in [4.69, 9.17) is 10.5 Å². The summed E-state index contributed by atoms with van der Waals surface area (Å²) in [5, 5.41) is 0. The van der Waals surface area contributed by atoms with Crippen LogP contribution in [0.5, 0.6) is 5.88 Å². The molecule has 2 heterocycles. The summed E-state index contributed by atoms with van der Waals surface area (Å²) in [6, 6.07) is 1.78. The Balaban J connectivity index is 2.00. The monoisotopic (exact) mass is 222 g/mol. The quantitative estimate of drug-likeness (QED) is 0.816. The minimum atomic E-state index is -0.107. The minimum absolute atomic E-state index is 0.107. The summed E-state index contributed by atoms with van der Waals surface area (Å²) >= 11 is 0. The summed E-state index contributed by atoms with van der Waals surface area (Å²) in [5.74, 6) is 1.34. The Hall–Kier alpha value is -1.36. The second-order valence-corrected chi connectivity index (χ2v) is 4.55. The maximum absolute atomic E-state index is 5.94. The van der Waals surface area contributed by atoms with Crippen LogP contribution >= 0.6 is 0 Å². The molecule has 5 heteroatoms. The molecule has 5 nitrogen and oxygen atoms in total. The molecule has 1 aromatic rings. The number of rotatable bonds is 4. The zero-order valence-electron chi connectivity index (χ0n) is 9.81. The normalized spacial score (nSPS) is 18.1. The van der Waals surface area contributed by atoms with Crippen molar-refractivity contribution in [2.45, 2.75) is 25.8 Å². The third-order valence-corrected chi connectivity index (χ3v) is 2.46. The molecule has 0 spiro atoms. The molecule has 0 saturated carbocycles. The molecular formula is C11H18N4O. The maximum atomic E-state index is 5.94. The largest absolute Gasteiger partial charge is 0.478 e. The smallest absolute Gasteiger partial charge is 0.228 e. The zero-order valence-corrected chi connectivity index (χ0v) is 9.81. The molecule has 88 valence electrons. The molecule has 1 fully saturated rings. The van der Waals surface area contributed by atoms with Crippen molar-refractivity contribution in [2.24, 2.45) is 5.73 Å². The van der Waals surface area contributed by atoms with E-state index in [1.165, 1.54) is 0 Å². The van der Waals surface area contributed by atoms with Crippen LogP contribution in [0.15, 0.2) is 12.3 Å². The number of ether oxygens (including phenoxy) is 1. The van der Waals surface area contributed by atoms with Gasteiger partial charge < -0.3 is 15.4 Å². The zero-order chi connectivity index (χ0) is 11.6. The predicted molar refractivity (Wildman–Crippen MR) is 62.6 cm³/mol. The van der Waals surface area contributed by atoms with E-state index in [2.05, 4.69) is 21.8 Å². The Morgan fingerprint density at radius 1 is 1.56 bits per heavy atom. The summed E-state index contributed by atoms with van der Waals surface area (Å²) in [6.45, 7) is 6.37. The lowest BCUT2D eigenvalue weighted by atomic mass is 9.94. The number of nitrogens with zero attached hydrogens (tertiary/aromatic N) is 3. The average Bonchev–Trinajstić information content (AvgIpc) is 2.23. The molecule has 2 N–H and O–H groups in total. The van der Waals surface area contributed by atoms with Crippen LogP contribution in [0.3, 0.4) is 0 Å². The highest BCUT2D eigenvalue weighted by molar-refractivity contribution is 5.38. The third-order valence-electron chi connectivity index (χ3n) is 2.46. The van der Waals surface area contributed by atoms with E-state index in [0.29, 0.717) is 18.4 Å². The minimum Gasteiger partial charge on any atom is -0.478 e. The SMILES string of the molecule is CCCOc1ccnc(N2CC(C)(N)C2)n1. The first kappa shape index (κ1) is 11.1. The number of hydrogen-bond donors (Lipinski definition) is 1. The van der Waals surface area contributed by atoms with Gasteiger partial charge in [0.1, 0.15) is 0 Å². The molecule has 0 atom stereocenters. The molecule has 0 amide bonds. The topological polar surface area (TPSA) is 64.3 Å². The van der Waals surface area contributed by atoms with Crippen LogP contribution in [0, 0.1) is 0 Å². The van der Waals surface area contributed by atoms with E-state index in [1.54, 1.807) is 12.3 Å². The maximum Gasteiger partial charge on any atom is 0.228 e. The molecule has 0 aliphatic carbocycles. The van der Waals surface area contributed by atoms with Crippen molar-refractivity contribution in [3.63, 3.8) is 0 Å². The van der Waals surface area contributed by atoms with Crippen LogP contribution in [0.4, 0.5) is 5.95 Å². The lowest BCUT2D eigenvalue weighted by molar-refractivity contribution is 0.302. The van der Waals surface area contributed by atoms with Crippen LogP contribution < -0.4 is 15.4 Å². The van der Waals surface area contributed by atoms with Crippen LogP contribution in [0.25, 0.3) is 0 Å². The van der Waals surface area contributed by atoms with Gasteiger partial charge in [-0.2, -0.15) is 4.98 Å². The van der Waals surface area contributed by atoms with Crippen molar-refractivity contribution >= 4 is 5.95 Å². The van der Waals surface area contributed by atoms with Gasteiger partial charge in [0, 0.05) is 30.9 Å². The van der Waals surface area contributed by atoms with Gasteiger partial charge in [0.25, 0.3) is 0 Å². The highest BCUT2D eigenvalue weighted by Crippen LogP contribution is 2.23. The lowest BCUT2D eigenvalue weighted by Gasteiger charge is -2.45. The first-order valence-electron chi connectivity index (χ1n) is 5.60. The molecule has 16 heavy (non-hydrogen) atoms. The van der Waals surface area contributed by atoms with E-state index >= 15 is 0 Å². The highest BCUT2D eigenvalue weighted by atomic mass is 16.5. The van der Waals surface area contributed by atoms with E-state index in [1.807, 2.05) is 6.92 Å². The van der Waals surface area contributed by atoms with Gasteiger partial charge in [-0.05, 0) is 13.3 Å². The average molecular weight is 222 g/mol. The second-order valence-electron chi connectivity index (χ2n) is 4.55. The van der Waals surface area contributed by atoms with Gasteiger partial charge in [-0.25, -0.2) is 4.98 Å². The Morgan fingerprint density at radius 3 is 2.94 bits per heavy atom. The Morgan fingerprint density at radius 2 is 2.31 bits per heavy atom. The first-order chi connectivity index (χ1) is 7.61. The molecule has 1 aromatic heterocycles. The molecule has 1 aliphatic heterocycles. The first-order valence-corrected chi connectivity index (χ1v) is 5.60. The number of hydrogen-bond acceptors (Lipinski definition) is 5. The van der Waals surface area contributed by atoms with Crippen LogP contribution in [-0.4, -0.2) is 35.2 Å². The molecule has 1 saturated heterocycles. The standard InChI is InChI=1S/C11H18N4O/c1-3-6-16-9-4-5-13-10(14-9)15-7-11(2,12)8-15/h4-5H,3,6-8,12H2,1-2H3. The van der Waals surface area contributed by atoms with Gasteiger partial charge in [0.15, 0.2) is 0 Å². The van der Waals surface area contributed by atoms with Gasteiger partial charge in [-0.15, -0.1) is 0 Å². The van der Waals surface area contributed by atoms with Crippen LogP contribution in [0.1, 0.15) is 20.3 Å². The van der Waals surface area contributed by atoms with Crippen LogP contribution in [0.2, 0.25) is 0 Å². The van der Waals surface area contributed by atoms with E-state index in [0.717, 1.165) is 19.5 Å². The van der Waals surface area contributed by atoms with Crippen molar-refractivity contribution < 1.29 is 4.74 Å². The van der Waals surface area contributed by atoms with E-state index < -0.39 is 0 Å². The fraction of sp³-hybridized carbons (Fsp3) is 0.636. The molecule has 0 bridgehead atoms. The van der Waals surface area contributed by atoms with Crippen LogP contribution in [-0.2, 0) is 0 Å². The highest BCUT2D eigenvalue weighted by Gasteiger charge is 2.36. The van der Waals surface area contributed by atoms with E-state index in [9.17, 15) is 0 Å². The molecular weight excluding hydrogens is 204 g/mol. The van der Waals surface area contributed by atoms with Crippen molar-refractivity contribution in [1.29, 1.82) is 0 Å². The molecule has 0 radical (unpaired) electrons. The second kappa shape index (κ2) is 4.25. The fourth-order valence-electron chi connectivity index (χ4n) is 1.74. The summed E-state index contributed by atoms with van der Waals surface area (Å²) in [5.41, 5.74) is 5.83. The van der Waals surface area contributed by atoms with Crippen molar-refractivity contribution in [3.8, 4) is 5.88 Å². The predicted octanol–water partition coefficient (Wildman–Crippen LogP) is 0.803. The van der Waals surface area contributed by atoms with Gasteiger partial charge in [-0.1, -0.05) is 6.92 Å². The number of anilines is 1. The van der Waals surface area contributed by atoms with Crippen molar-refractivity contribution in [3.05, 3.63) is 12.3 Å². The van der Waals surface area contributed by atoms with Gasteiger partial charge in [-0.3, -0.25) is 0 Å². The van der Waals surface area contributed by atoms with Crippen molar-refractivity contribution in [1.82, 2.24) is 9.97 Å². The Labute approximate surface area is 95.6 Å². The molecule has 0 aromatic carbocycles. The molecule has 2 rings (SSSR count). The number of nitrogens with two attached hydrogens (primary N) is 1. The van der Waals surface area contributed by atoms with Gasteiger partial charge in [0.05, 0.1) is 6.61 Å². The van der Waals surface area contributed by atoms with Crippen molar-refractivity contribution in [2.75, 3.05) is 24.6 Å². The van der Waals surface area contributed by atoms with Gasteiger partial charge >= 0.3 is 0 Å². The summed E-state index contributed by atoms with van der Waals surface area (Å²) in [7, 11) is 0. The third kappa shape index (κ3) is 2.41. The summed E-state index contributed by atoms with van der Waals surface area (Å²) in [4.78, 5) is 10.6. The van der Waals surface area contributed by atoms with E-state index in [-0.39, 0.29) is 5.54 Å². The fourth-order valence-corrected chi connectivity index (χ4v) is 1.74. The molecule has 1 aliphatic rings. The number of aromatic nitrogens is 2. The Kier molecular flexibility index (Phi) is 2.96. The Bertz CT molecular complexity index is 359. The lowest BCUT2D eigenvalue weighted by Crippen LogP contribution is -2.66. The summed E-state index contributed by atoms with van der Waals surface area (Å²) < 4.78 is 5.46.